The van der Waals surface area contributed by atoms with E-state index >= 15 is 0 Å². The van der Waals surface area contributed by atoms with Crippen LogP contribution in [0, 0.1) is 0 Å². The zero-order valence-electron chi connectivity index (χ0n) is 13.6. The van der Waals surface area contributed by atoms with Gasteiger partial charge in [-0.1, -0.05) is 30.3 Å². The first-order valence-electron chi connectivity index (χ1n) is 7.55. The molecule has 0 radical (unpaired) electrons. The van der Waals surface area contributed by atoms with Crippen molar-refractivity contribution in [3.63, 3.8) is 0 Å². The Labute approximate surface area is 152 Å². The molecule has 3 aromatic rings. The fourth-order valence-corrected chi connectivity index (χ4v) is 3.86. The molecule has 0 saturated heterocycles. The third-order valence-corrected chi connectivity index (χ3v) is 5.31. The maximum absolute atomic E-state index is 12.9. The van der Waals surface area contributed by atoms with Crippen LogP contribution in [0.2, 0.25) is 0 Å². The highest BCUT2D eigenvalue weighted by atomic mass is 32.2. The van der Waals surface area contributed by atoms with Gasteiger partial charge in [0.15, 0.2) is 6.29 Å². The number of ether oxygens (including phenoxy) is 1. The largest absolute Gasteiger partial charge is 0.573 e. The predicted octanol–water partition coefficient (Wildman–Crippen LogP) is 4.10. The SMILES string of the molecule is O=Cc1cc(-c2ccccc2)n(S(=O)(=O)c2ccc(OC(F)(F)F)cc2)c1. The van der Waals surface area contributed by atoms with Crippen molar-refractivity contribution >= 4 is 16.3 Å². The van der Waals surface area contributed by atoms with Gasteiger partial charge in [0.1, 0.15) is 5.75 Å². The van der Waals surface area contributed by atoms with E-state index < -0.39 is 22.1 Å². The molecule has 0 aliphatic carbocycles. The van der Waals surface area contributed by atoms with E-state index in [9.17, 15) is 26.4 Å². The summed E-state index contributed by atoms with van der Waals surface area (Å²) in [5, 5.41) is 0. The number of aldehydes is 1. The van der Waals surface area contributed by atoms with Crippen LogP contribution in [0.15, 0.2) is 71.8 Å². The summed E-state index contributed by atoms with van der Waals surface area (Å²) in [5.74, 6) is -0.536. The summed E-state index contributed by atoms with van der Waals surface area (Å²) in [6.45, 7) is 0. The number of alkyl halides is 3. The van der Waals surface area contributed by atoms with Gasteiger partial charge < -0.3 is 4.74 Å². The van der Waals surface area contributed by atoms with Crippen LogP contribution in [0.3, 0.4) is 0 Å². The molecular weight excluding hydrogens is 383 g/mol. The quantitative estimate of drug-likeness (QED) is 0.610. The lowest BCUT2D eigenvalue weighted by Gasteiger charge is -2.12. The van der Waals surface area contributed by atoms with Gasteiger partial charge in [0.05, 0.1) is 10.6 Å². The van der Waals surface area contributed by atoms with Crippen LogP contribution in [0.1, 0.15) is 10.4 Å². The second-order valence-corrected chi connectivity index (χ2v) is 7.28. The van der Waals surface area contributed by atoms with Gasteiger partial charge in [-0.25, -0.2) is 12.4 Å². The number of nitrogens with zero attached hydrogens (tertiary/aromatic N) is 1. The Balaban J connectivity index is 2.05. The Bertz CT molecular complexity index is 1060. The lowest BCUT2D eigenvalue weighted by Crippen LogP contribution is -2.17. The number of carbonyl (C=O) groups excluding carboxylic acids is 1. The topological polar surface area (TPSA) is 65.4 Å². The van der Waals surface area contributed by atoms with Crippen LogP contribution in [0.4, 0.5) is 13.2 Å². The van der Waals surface area contributed by atoms with E-state index in [-0.39, 0.29) is 16.2 Å². The van der Waals surface area contributed by atoms with Crippen molar-refractivity contribution in [3.05, 3.63) is 72.4 Å². The molecule has 27 heavy (non-hydrogen) atoms. The number of carbonyl (C=O) groups is 1. The zero-order valence-corrected chi connectivity index (χ0v) is 14.4. The molecule has 2 aromatic carbocycles. The highest BCUT2D eigenvalue weighted by molar-refractivity contribution is 7.90. The molecule has 0 saturated carbocycles. The summed E-state index contributed by atoms with van der Waals surface area (Å²) in [4.78, 5) is 10.9. The van der Waals surface area contributed by atoms with Crippen molar-refractivity contribution in [2.75, 3.05) is 0 Å². The van der Waals surface area contributed by atoms with Crippen LogP contribution in [0.5, 0.6) is 5.75 Å². The first-order valence-corrected chi connectivity index (χ1v) is 8.99. The molecule has 0 spiro atoms. The molecule has 0 unspecified atom stereocenters. The number of hydrogen-bond donors (Lipinski definition) is 0. The zero-order chi connectivity index (χ0) is 19.7. The average molecular weight is 395 g/mol. The second kappa shape index (κ2) is 6.92. The maximum Gasteiger partial charge on any atom is 0.573 e. The van der Waals surface area contributed by atoms with Crippen molar-refractivity contribution in [3.8, 4) is 17.0 Å². The van der Waals surface area contributed by atoms with Crippen LogP contribution >= 0.6 is 0 Å². The lowest BCUT2D eigenvalue weighted by molar-refractivity contribution is -0.274. The van der Waals surface area contributed by atoms with E-state index in [1.807, 2.05) is 0 Å². The molecule has 0 N–H and O–H groups in total. The van der Waals surface area contributed by atoms with E-state index in [0.717, 1.165) is 34.4 Å². The molecule has 0 amide bonds. The Morgan fingerprint density at radius 1 is 0.963 bits per heavy atom. The fourth-order valence-electron chi connectivity index (χ4n) is 2.47. The van der Waals surface area contributed by atoms with E-state index in [4.69, 9.17) is 0 Å². The summed E-state index contributed by atoms with van der Waals surface area (Å²) in [6.07, 6.45) is -3.20. The third-order valence-electron chi connectivity index (χ3n) is 3.63. The van der Waals surface area contributed by atoms with Crippen LogP contribution < -0.4 is 4.74 Å². The normalized spacial score (nSPS) is 12.0. The Morgan fingerprint density at radius 3 is 2.15 bits per heavy atom. The van der Waals surface area contributed by atoms with Gasteiger partial charge in [0.2, 0.25) is 0 Å². The molecule has 140 valence electrons. The highest BCUT2D eigenvalue weighted by Crippen LogP contribution is 2.28. The van der Waals surface area contributed by atoms with Gasteiger partial charge in [-0.15, -0.1) is 13.2 Å². The number of benzene rings is 2. The van der Waals surface area contributed by atoms with E-state index in [1.54, 1.807) is 30.3 Å². The molecular formula is C18H12F3NO4S. The first-order chi connectivity index (χ1) is 12.7. The third kappa shape index (κ3) is 4.03. The monoisotopic (exact) mass is 395 g/mol. The molecule has 0 fully saturated rings. The molecule has 9 heteroatoms. The summed E-state index contributed by atoms with van der Waals surface area (Å²) >= 11 is 0. The van der Waals surface area contributed by atoms with Gasteiger partial charge in [0.25, 0.3) is 10.0 Å². The molecule has 0 aliphatic rings. The van der Waals surface area contributed by atoms with Crippen molar-refractivity contribution in [2.45, 2.75) is 11.3 Å². The van der Waals surface area contributed by atoms with E-state index in [2.05, 4.69) is 4.74 Å². The van der Waals surface area contributed by atoms with E-state index in [0.29, 0.717) is 11.8 Å². The Kier molecular flexibility index (Phi) is 4.79. The number of hydrogen-bond acceptors (Lipinski definition) is 4. The number of aromatic nitrogens is 1. The Hall–Kier alpha value is -3.07. The summed E-state index contributed by atoms with van der Waals surface area (Å²) in [6, 6.07) is 13.8. The molecule has 5 nitrogen and oxygen atoms in total. The summed E-state index contributed by atoms with van der Waals surface area (Å²) in [7, 11) is -4.15. The molecule has 0 aliphatic heterocycles. The molecule has 0 bridgehead atoms. The van der Waals surface area contributed by atoms with Crippen LogP contribution in [-0.2, 0) is 10.0 Å². The van der Waals surface area contributed by atoms with Crippen molar-refractivity contribution in [2.24, 2.45) is 0 Å². The first kappa shape index (κ1) is 18.7. The summed E-state index contributed by atoms with van der Waals surface area (Å²) < 4.78 is 67.3. The van der Waals surface area contributed by atoms with Crippen molar-refractivity contribution < 1.29 is 31.1 Å². The summed E-state index contributed by atoms with van der Waals surface area (Å²) in [5.41, 5.74) is 0.967. The van der Waals surface area contributed by atoms with Gasteiger partial charge in [0, 0.05) is 11.8 Å². The van der Waals surface area contributed by atoms with Gasteiger partial charge in [-0.3, -0.25) is 4.79 Å². The molecule has 1 heterocycles. The van der Waals surface area contributed by atoms with Gasteiger partial charge in [-0.05, 0) is 35.9 Å². The van der Waals surface area contributed by atoms with E-state index in [1.165, 1.54) is 6.07 Å². The number of rotatable bonds is 5. The molecule has 0 atom stereocenters. The van der Waals surface area contributed by atoms with Crippen molar-refractivity contribution in [1.29, 1.82) is 0 Å². The molecule has 3 rings (SSSR count). The second-order valence-electron chi connectivity index (χ2n) is 5.46. The van der Waals surface area contributed by atoms with Gasteiger partial charge in [-0.2, -0.15) is 0 Å². The standard InChI is InChI=1S/C18H12F3NO4S/c19-18(20,21)26-15-6-8-16(9-7-15)27(24,25)22-11-13(12-23)10-17(22)14-4-2-1-3-5-14/h1-12H. The maximum atomic E-state index is 12.9. The smallest absolute Gasteiger partial charge is 0.406 e. The van der Waals surface area contributed by atoms with Crippen LogP contribution in [-0.4, -0.2) is 25.0 Å². The average Bonchev–Trinajstić information content (AvgIpc) is 3.07. The minimum Gasteiger partial charge on any atom is -0.406 e. The highest BCUT2D eigenvalue weighted by Gasteiger charge is 2.31. The van der Waals surface area contributed by atoms with Gasteiger partial charge >= 0.3 is 6.36 Å². The predicted molar refractivity (Wildman–Crippen MR) is 91.0 cm³/mol. The minimum absolute atomic E-state index is 0.148. The fraction of sp³-hybridized carbons (Fsp3) is 0.0556. The van der Waals surface area contributed by atoms with Crippen molar-refractivity contribution in [1.82, 2.24) is 3.97 Å². The number of halogens is 3. The molecule has 1 aromatic heterocycles. The Morgan fingerprint density at radius 2 is 1.59 bits per heavy atom. The lowest BCUT2D eigenvalue weighted by atomic mass is 10.1. The van der Waals surface area contributed by atoms with Crippen LogP contribution in [0.25, 0.3) is 11.3 Å². The minimum atomic E-state index is -4.87.